The molecule has 0 saturated carbocycles. The van der Waals surface area contributed by atoms with Gasteiger partial charge in [0.25, 0.3) is 5.91 Å². The molecule has 3 rings (SSSR count). The summed E-state index contributed by atoms with van der Waals surface area (Å²) in [5.41, 5.74) is 0.739. The van der Waals surface area contributed by atoms with Gasteiger partial charge in [0.1, 0.15) is 23.1 Å². The molecule has 29 heavy (non-hydrogen) atoms. The second-order valence-corrected chi connectivity index (χ2v) is 8.19. The minimum atomic E-state index is -0.730. The zero-order valence-corrected chi connectivity index (χ0v) is 17.1. The molecule has 2 atom stereocenters. The van der Waals surface area contributed by atoms with Gasteiger partial charge >= 0.3 is 0 Å². The van der Waals surface area contributed by atoms with Crippen molar-refractivity contribution in [1.29, 1.82) is 0 Å². The van der Waals surface area contributed by atoms with Gasteiger partial charge in [-0.1, -0.05) is 18.2 Å². The molecule has 2 aromatic carbocycles. The number of nitrogens with zero attached hydrogens (tertiary/aromatic N) is 2. The average Bonchev–Trinajstić information content (AvgIpc) is 3.12. The van der Waals surface area contributed by atoms with Crippen molar-refractivity contribution in [2.45, 2.75) is 11.4 Å². The molecule has 0 bridgehead atoms. The highest BCUT2D eigenvalue weighted by atomic mass is 32.2. The number of thioether (sulfide) groups is 1. The van der Waals surface area contributed by atoms with Crippen LogP contribution in [0.1, 0.15) is 21.3 Å². The van der Waals surface area contributed by atoms with Crippen LogP contribution in [0.4, 0.5) is 8.78 Å². The van der Waals surface area contributed by atoms with Crippen molar-refractivity contribution in [3.63, 3.8) is 0 Å². The summed E-state index contributed by atoms with van der Waals surface area (Å²) in [5.74, 6) is -1.31. The maximum Gasteiger partial charge on any atom is 0.255 e. The number of nitrogens with one attached hydrogen (secondary N) is 1. The molecule has 0 spiro atoms. The highest BCUT2D eigenvalue weighted by molar-refractivity contribution is 7.99. The normalized spacial score (nSPS) is 18.9. The monoisotopic (exact) mass is 419 g/mol. The van der Waals surface area contributed by atoms with E-state index in [0.717, 1.165) is 6.07 Å². The Kier molecular flexibility index (Phi) is 6.87. The van der Waals surface area contributed by atoms with Crippen LogP contribution in [0.2, 0.25) is 0 Å². The van der Waals surface area contributed by atoms with Crippen LogP contribution in [0, 0.1) is 11.6 Å². The van der Waals surface area contributed by atoms with Crippen LogP contribution in [-0.2, 0) is 4.79 Å². The number of amides is 2. The lowest BCUT2D eigenvalue weighted by atomic mass is 10.1. The Morgan fingerprint density at radius 2 is 1.83 bits per heavy atom. The molecular weight excluding hydrogens is 396 g/mol. The zero-order valence-electron chi connectivity index (χ0n) is 16.3. The van der Waals surface area contributed by atoms with E-state index in [1.54, 1.807) is 12.1 Å². The summed E-state index contributed by atoms with van der Waals surface area (Å²) in [4.78, 5) is 29.4. The lowest BCUT2D eigenvalue weighted by Gasteiger charge is -2.29. The molecule has 8 heteroatoms. The van der Waals surface area contributed by atoms with Gasteiger partial charge in [-0.25, -0.2) is 8.78 Å². The standard InChI is InChI=1S/C21H23F2N3O2S/c1-25(2)10-9-24-19(27)18-13-29-21(15-6-4-8-17(23)12-15)26(18)20(28)14-5-3-7-16(22)11-14/h3-8,11-12,18,21H,9-10,13H2,1-2H3,(H,24,27). The van der Waals surface area contributed by atoms with E-state index in [2.05, 4.69) is 5.32 Å². The Balaban J connectivity index is 1.89. The van der Waals surface area contributed by atoms with Gasteiger partial charge in [-0.2, -0.15) is 0 Å². The number of halogens is 2. The summed E-state index contributed by atoms with van der Waals surface area (Å²) in [5, 5.41) is 2.32. The first-order valence-corrected chi connectivity index (χ1v) is 10.3. The fraction of sp³-hybridized carbons (Fsp3) is 0.333. The Bertz CT molecular complexity index is 894. The minimum Gasteiger partial charge on any atom is -0.353 e. The smallest absolute Gasteiger partial charge is 0.255 e. The minimum absolute atomic E-state index is 0.153. The maximum absolute atomic E-state index is 13.8. The van der Waals surface area contributed by atoms with Gasteiger partial charge in [0.15, 0.2) is 0 Å². The predicted octanol–water partition coefficient (Wildman–Crippen LogP) is 2.90. The van der Waals surface area contributed by atoms with Crippen LogP contribution in [0.3, 0.4) is 0 Å². The molecule has 1 fully saturated rings. The number of carbonyl (C=O) groups is 2. The first kappa shape index (κ1) is 21.3. The molecule has 1 heterocycles. The lowest BCUT2D eigenvalue weighted by Crippen LogP contribution is -2.49. The highest BCUT2D eigenvalue weighted by Gasteiger charge is 2.42. The number of benzene rings is 2. The number of hydrogen-bond donors (Lipinski definition) is 1. The van der Waals surface area contributed by atoms with E-state index in [1.807, 2.05) is 19.0 Å². The maximum atomic E-state index is 13.8. The quantitative estimate of drug-likeness (QED) is 0.782. The van der Waals surface area contributed by atoms with E-state index in [1.165, 1.54) is 47.0 Å². The summed E-state index contributed by atoms with van der Waals surface area (Å²) in [6.45, 7) is 1.11. The number of hydrogen-bond acceptors (Lipinski definition) is 4. The third kappa shape index (κ3) is 5.13. The molecule has 1 aliphatic heterocycles. The van der Waals surface area contributed by atoms with E-state index < -0.39 is 29.0 Å². The second-order valence-electron chi connectivity index (χ2n) is 7.07. The second kappa shape index (κ2) is 9.37. The van der Waals surface area contributed by atoms with Gasteiger partial charge in [-0.15, -0.1) is 11.8 Å². The molecule has 1 N–H and O–H groups in total. The molecule has 5 nitrogen and oxygen atoms in total. The molecule has 0 aromatic heterocycles. The van der Waals surface area contributed by atoms with E-state index in [0.29, 0.717) is 24.4 Å². The Morgan fingerprint density at radius 1 is 1.14 bits per heavy atom. The molecule has 1 aliphatic rings. The first-order valence-electron chi connectivity index (χ1n) is 9.24. The van der Waals surface area contributed by atoms with Crippen molar-refractivity contribution < 1.29 is 18.4 Å². The molecule has 0 radical (unpaired) electrons. The molecule has 154 valence electrons. The van der Waals surface area contributed by atoms with E-state index in [-0.39, 0.29) is 11.5 Å². The van der Waals surface area contributed by atoms with E-state index in [9.17, 15) is 18.4 Å². The summed E-state index contributed by atoms with van der Waals surface area (Å²) >= 11 is 1.39. The van der Waals surface area contributed by atoms with E-state index >= 15 is 0 Å². The average molecular weight is 419 g/mol. The van der Waals surface area contributed by atoms with Crippen LogP contribution >= 0.6 is 11.8 Å². The van der Waals surface area contributed by atoms with Crippen molar-refractivity contribution in [2.75, 3.05) is 32.9 Å². The number of rotatable bonds is 6. The topological polar surface area (TPSA) is 52.7 Å². The SMILES string of the molecule is CN(C)CCNC(=O)C1CSC(c2cccc(F)c2)N1C(=O)c1cccc(F)c1. The molecular formula is C21H23F2N3O2S. The summed E-state index contributed by atoms with van der Waals surface area (Å²) in [6.07, 6.45) is 0. The third-order valence-corrected chi connectivity index (χ3v) is 5.92. The van der Waals surface area contributed by atoms with Gasteiger partial charge < -0.3 is 15.1 Å². The highest BCUT2D eigenvalue weighted by Crippen LogP contribution is 2.42. The summed E-state index contributed by atoms with van der Waals surface area (Å²) in [7, 11) is 3.80. The molecule has 2 unspecified atom stereocenters. The van der Waals surface area contributed by atoms with E-state index in [4.69, 9.17) is 0 Å². The van der Waals surface area contributed by atoms with Crippen LogP contribution < -0.4 is 5.32 Å². The number of carbonyl (C=O) groups excluding carboxylic acids is 2. The van der Waals surface area contributed by atoms with Crippen LogP contribution in [0.25, 0.3) is 0 Å². The lowest BCUT2D eigenvalue weighted by molar-refractivity contribution is -0.124. The molecule has 2 amide bonds. The molecule has 1 saturated heterocycles. The predicted molar refractivity (Wildman–Crippen MR) is 110 cm³/mol. The van der Waals surface area contributed by atoms with Gasteiger partial charge in [-0.05, 0) is 50.0 Å². The molecule has 0 aliphatic carbocycles. The summed E-state index contributed by atoms with van der Waals surface area (Å²) in [6, 6.07) is 10.6. The van der Waals surface area contributed by atoms with Crippen molar-refractivity contribution in [1.82, 2.24) is 15.1 Å². The first-order chi connectivity index (χ1) is 13.9. The Hall–Kier alpha value is -2.45. The largest absolute Gasteiger partial charge is 0.353 e. The fourth-order valence-corrected chi connectivity index (χ4v) is 4.58. The number of likely N-dealkylation sites (N-methyl/N-ethyl adjacent to an activating group) is 1. The van der Waals surface area contributed by atoms with Gasteiger partial charge in [-0.3, -0.25) is 9.59 Å². The van der Waals surface area contributed by atoms with Crippen LogP contribution in [0.5, 0.6) is 0 Å². The molecule has 2 aromatic rings. The van der Waals surface area contributed by atoms with Crippen molar-refractivity contribution in [3.05, 3.63) is 71.3 Å². The summed E-state index contributed by atoms with van der Waals surface area (Å²) < 4.78 is 27.5. The van der Waals surface area contributed by atoms with Crippen LogP contribution in [0.15, 0.2) is 48.5 Å². The van der Waals surface area contributed by atoms with Crippen molar-refractivity contribution in [3.8, 4) is 0 Å². The zero-order chi connectivity index (χ0) is 21.0. The van der Waals surface area contributed by atoms with Gasteiger partial charge in [0, 0.05) is 24.4 Å². The van der Waals surface area contributed by atoms with Crippen molar-refractivity contribution >= 4 is 23.6 Å². The van der Waals surface area contributed by atoms with Gasteiger partial charge in [0.2, 0.25) is 5.91 Å². The Morgan fingerprint density at radius 3 is 2.48 bits per heavy atom. The van der Waals surface area contributed by atoms with Gasteiger partial charge in [0.05, 0.1) is 0 Å². The van der Waals surface area contributed by atoms with Crippen LogP contribution in [-0.4, -0.2) is 60.6 Å². The third-order valence-electron chi connectivity index (χ3n) is 4.60. The Labute approximate surface area is 173 Å². The fourth-order valence-electron chi connectivity index (χ4n) is 3.16. The van der Waals surface area contributed by atoms with Crippen molar-refractivity contribution in [2.24, 2.45) is 0 Å².